The van der Waals surface area contributed by atoms with Gasteiger partial charge in [0.2, 0.25) is 5.91 Å². The average molecular weight is 406 g/mol. The second-order valence-electron chi connectivity index (χ2n) is 7.47. The molecule has 5 heteroatoms. The van der Waals surface area contributed by atoms with Gasteiger partial charge in [0, 0.05) is 37.1 Å². The van der Waals surface area contributed by atoms with Gasteiger partial charge in [0.05, 0.1) is 18.2 Å². The van der Waals surface area contributed by atoms with Crippen molar-refractivity contribution in [3.05, 3.63) is 76.6 Å². The summed E-state index contributed by atoms with van der Waals surface area (Å²) in [5, 5.41) is 3.27. The Kier molecular flexibility index (Phi) is 6.37. The maximum Gasteiger partial charge on any atom is 0.230 e. The van der Waals surface area contributed by atoms with Crippen LogP contribution in [0.2, 0.25) is 0 Å². The molecule has 150 valence electrons. The molecule has 1 saturated heterocycles. The second-order valence-corrected chi connectivity index (χ2v) is 8.41. The van der Waals surface area contributed by atoms with Gasteiger partial charge in [-0.25, -0.2) is 4.98 Å². The molecule has 1 aromatic heterocycles. The molecule has 29 heavy (non-hydrogen) atoms. The van der Waals surface area contributed by atoms with E-state index in [0.717, 1.165) is 61.0 Å². The van der Waals surface area contributed by atoms with E-state index in [4.69, 9.17) is 4.98 Å². The molecule has 1 amide bonds. The van der Waals surface area contributed by atoms with Crippen molar-refractivity contribution < 1.29 is 4.79 Å². The summed E-state index contributed by atoms with van der Waals surface area (Å²) in [6.07, 6.45) is 0.838. The van der Waals surface area contributed by atoms with Gasteiger partial charge in [-0.05, 0) is 12.0 Å². The number of amides is 1. The van der Waals surface area contributed by atoms with Gasteiger partial charge in [0.25, 0.3) is 0 Å². The zero-order valence-corrected chi connectivity index (χ0v) is 17.6. The first-order valence-electron chi connectivity index (χ1n) is 10.3. The molecule has 0 bridgehead atoms. The summed E-state index contributed by atoms with van der Waals surface area (Å²) in [6, 6.07) is 20.5. The highest BCUT2D eigenvalue weighted by Crippen LogP contribution is 2.25. The Balaban J connectivity index is 1.33. The Labute approximate surface area is 176 Å². The molecule has 3 aromatic rings. The lowest BCUT2D eigenvalue weighted by atomic mass is 9.95. The van der Waals surface area contributed by atoms with Crippen molar-refractivity contribution in [2.45, 2.75) is 25.8 Å². The third kappa shape index (κ3) is 4.74. The molecule has 2 heterocycles. The quantitative estimate of drug-likeness (QED) is 0.599. The van der Waals surface area contributed by atoms with Crippen LogP contribution >= 0.6 is 11.3 Å². The van der Waals surface area contributed by atoms with Gasteiger partial charge in [-0.2, -0.15) is 0 Å². The highest BCUT2D eigenvalue weighted by Gasteiger charge is 2.27. The molecular weight excluding hydrogens is 378 g/mol. The van der Waals surface area contributed by atoms with E-state index in [1.165, 1.54) is 0 Å². The van der Waals surface area contributed by atoms with Gasteiger partial charge >= 0.3 is 0 Å². The maximum absolute atomic E-state index is 13.1. The number of hydrogen-bond acceptors (Lipinski definition) is 4. The van der Waals surface area contributed by atoms with Crippen molar-refractivity contribution in [1.29, 1.82) is 0 Å². The van der Waals surface area contributed by atoms with Gasteiger partial charge in [-0.15, -0.1) is 11.3 Å². The summed E-state index contributed by atoms with van der Waals surface area (Å²) >= 11 is 1.72. The van der Waals surface area contributed by atoms with Crippen molar-refractivity contribution in [2.24, 2.45) is 0 Å². The number of hydrogen-bond donors (Lipinski definition) is 0. The van der Waals surface area contributed by atoms with Crippen LogP contribution in [-0.2, 0) is 11.3 Å². The molecule has 4 nitrogen and oxygen atoms in total. The molecular formula is C24H27N3OS. The highest BCUT2D eigenvalue weighted by atomic mass is 32.1. The van der Waals surface area contributed by atoms with E-state index >= 15 is 0 Å². The molecule has 0 unspecified atom stereocenters. The van der Waals surface area contributed by atoms with Gasteiger partial charge < -0.3 is 4.90 Å². The standard InChI is InChI=1S/C24H27N3OS/c1-2-21(19-9-5-3-6-10-19)24(28)27-15-13-26(14-16-27)17-23-25-22(18-29-23)20-11-7-4-8-12-20/h3-12,18,21H,2,13-17H2,1H3/t21-/m0/s1. The van der Waals surface area contributed by atoms with Gasteiger partial charge in [0.1, 0.15) is 5.01 Å². The van der Waals surface area contributed by atoms with E-state index in [0.29, 0.717) is 0 Å². The molecule has 0 saturated carbocycles. The first-order valence-corrected chi connectivity index (χ1v) is 11.2. The van der Waals surface area contributed by atoms with Crippen molar-refractivity contribution in [2.75, 3.05) is 26.2 Å². The molecule has 0 spiro atoms. The molecule has 0 aliphatic carbocycles. The van der Waals surface area contributed by atoms with Crippen LogP contribution in [0.4, 0.5) is 0 Å². The lowest BCUT2D eigenvalue weighted by Gasteiger charge is -2.36. The lowest BCUT2D eigenvalue weighted by molar-refractivity contribution is -0.134. The summed E-state index contributed by atoms with van der Waals surface area (Å²) in [5.74, 6) is 0.231. The van der Waals surface area contributed by atoms with E-state index in [9.17, 15) is 4.79 Å². The minimum absolute atomic E-state index is 0.0323. The van der Waals surface area contributed by atoms with Crippen molar-refractivity contribution >= 4 is 17.2 Å². The Morgan fingerprint density at radius 1 is 1.00 bits per heavy atom. The van der Waals surface area contributed by atoms with Crippen LogP contribution in [0.15, 0.2) is 66.0 Å². The number of benzene rings is 2. The van der Waals surface area contributed by atoms with Crippen LogP contribution < -0.4 is 0 Å². The molecule has 0 N–H and O–H groups in total. The van der Waals surface area contributed by atoms with E-state index in [2.05, 4.69) is 41.5 Å². The number of aromatic nitrogens is 1. The van der Waals surface area contributed by atoms with Crippen LogP contribution in [0, 0.1) is 0 Å². The first-order chi connectivity index (χ1) is 14.2. The maximum atomic E-state index is 13.1. The predicted molar refractivity (Wildman–Crippen MR) is 119 cm³/mol. The number of carbonyl (C=O) groups excluding carboxylic acids is 1. The van der Waals surface area contributed by atoms with E-state index in [1.807, 2.05) is 41.3 Å². The van der Waals surface area contributed by atoms with E-state index in [1.54, 1.807) is 11.3 Å². The van der Waals surface area contributed by atoms with Gasteiger partial charge in [-0.3, -0.25) is 9.69 Å². The monoisotopic (exact) mass is 405 g/mol. The SMILES string of the molecule is CC[C@H](C(=O)N1CCN(Cc2nc(-c3ccccc3)cs2)CC1)c1ccccc1. The Morgan fingerprint density at radius 2 is 1.66 bits per heavy atom. The molecule has 1 aliphatic heterocycles. The summed E-state index contributed by atoms with van der Waals surface area (Å²) in [7, 11) is 0. The third-order valence-electron chi connectivity index (χ3n) is 5.57. The number of piperazine rings is 1. The number of carbonyl (C=O) groups is 1. The van der Waals surface area contributed by atoms with Crippen molar-refractivity contribution in [3.63, 3.8) is 0 Å². The van der Waals surface area contributed by atoms with Crippen LogP contribution in [0.3, 0.4) is 0 Å². The third-order valence-corrected chi connectivity index (χ3v) is 6.41. The number of nitrogens with zero attached hydrogens (tertiary/aromatic N) is 3. The molecule has 1 atom stereocenters. The Bertz CT molecular complexity index is 918. The molecule has 0 radical (unpaired) electrons. The zero-order valence-electron chi connectivity index (χ0n) is 16.8. The average Bonchev–Trinajstić information content (AvgIpc) is 3.25. The summed E-state index contributed by atoms with van der Waals surface area (Å²) in [5.41, 5.74) is 3.34. The Hall–Kier alpha value is -2.50. The minimum Gasteiger partial charge on any atom is -0.340 e. The minimum atomic E-state index is -0.0323. The van der Waals surface area contributed by atoms with Crippen LogP contribution in [-0.4, -0.2) is 46.9 Å². The van der Waals surface area contributed by atoms with Crippen LogP contribution in [0.1, 0.15) is 29.8 Å². The normalized spacial score (nSPS) is 16.0. The molecule has 1 aliphatic rings. The fourth-order valence-corrected chi connectivity index (χ4v) is 4.75. The van der Waals surface area contributed by atoms with Crippen LogP contribution in [0.25, 0.3) is 11.3 Å². The number of thiazole rings is 1. The fourth-order valence-electron chi connectivity index (χ4n) is 3.90. The second kappa shape index (κ2) is 9.33. The zero-order chi connectivity index (χ0) is 20.1. The Morgan fingerprint density at radius 3 is 2.31 bits per heavy atom. The number of rotatable bonds is 6. The first kappa shape index (κ1) is 19.8. The van der Waals surface area contributed by atoms with E-state index in [-0.39, 0.29) is 11.8 Å². The topological polar surface area (TPSA) is 36.4 Å². The van der Waals surface area contributed by atoms with Gasteiger partial charge in [0.15, 0.2) is 0 Å². The summed E-state index contributed by atoms with van der Waals surface area (Å²) < 4.78 is 0. The van der Waals surface area contributed by atoms with Crippen molar-refractivity contribution in [1.82, 2.24) is 14.8 Å². The summed E-state index contributed by atoms with van der Waals surface area (Å²) in [4.78, 5) is 22.3. The lowest BCUT2D eigenvalue weighted by Crippen LogP contribution is -2.49. The fraction of sp³-hybridized carbons (Fsp3) is 0.333. The van der Waals surface area contributed by atoms with E-state index < -0.39 is 0 Å². The highest BCUT2D eigenvalue weighted by molar-refractivity contribution is 7.09. The smallest absolute Gasteiger partial charge is 0.230 e. The molecule has 1 fully saturated rings. The molecule has 2 aromatic carbocycles. The summed E-state index contributed by atoms with van der Waals surface area (Å²) in [6.45, 7) is 6.33. The largest absolute Gasteiger partial charge is 0.340 e. The van der Waals surface area contributed by atoms with Crippen molar-refractivity contribution in [3.8, 4) is 11.3 Å². The molecule has 4 rings (SSSR count). The van der Waals surface area contributed by atoms with Gasteiger partial charge in [-0.1, -0.05) is 67.6 Å². The predicted octanol–water partition coefficient (Wildman–Crippen LogP) is 4.65. The van der Waals surface area contributed by atoms with Crippen LogP contribution in [0.5, 0.6) is 0 Å².